The molecule has 1 atom stereocenters. The smallest absolute Gasteiger partial charge is 0.223 e. The molecule has 1 spiro atoms. The van der Waals surface area contributed by atoms with Gasteiger partial charge in [0.15, 0.2) is 0 Å². The van der Waals surface area contributed by atoms with Crippen molar-refractivity contribution in [2.24, 2.45) is 5.92 Å². The molecule has 136 valence electrons. The summed E-state index contributed by atoms with van der Waals surface area (Å²) in [5.41, 5.74) is 2.63. The van der Waals surface area contributed by atoms with Crippen LogP contribution < -0.4 is 0 Å². The minimum atomic E-state index is 0.101. The average Bonchev–Trinajstić information content (AvgIpc) is 3.21. The fourth-order valence-corrected chi connectivity index (χ4v) is 4.89. The Morgan fingerprint density at radius 1 is 1.24 bits per heavy atom. The van der Waals surface area contributed by atoms with Crippen LogP contribution in [0.2, 0.25) is 0 Å². The van der Waals surface area contributed by atoms with E-state index in [0.29, 0.717) is 11.8 Å². The van der Waals surface area contributed by atoms with E-state index in [2.05, 4.69) is 41.0 Å². The van der Waals surface area contributed by atoms with Gasteiger partial charge in [-0.3, -0.25) is 4.79 Å². The highest BCUT2D eigenvalue weighted by Gasteiger charge is 2.46. The van der Waals surface area contributed by atoms with Crippen LogP contribution in [0.3, 0.4) is 0 Å². The molecule has 1 aromatic carbocycles. The van der Waals surface area contributed by atoms with Crippen LogP contribution in [0.15, 0.2) is 24.3 Å². The zero-order valence-electron chi connectivity index (χ0n) is 15.4. The van der Waals surface area contributed by atoms with E-state index < -0.39 is 0 Å². The lowest BCUT2D eigenvalue weighted by Crippen LogP contribution is -2.53. The van der Waals surface area contributed by atoms with Gasteiger partial charge in [-0.25, -0.2) is 0 Å². The monoisotopic (exact) mass is 342 g/mol. The number of benzene rings is 1. The van der Waals surface area contributed by atoms with Gasteiger partial charge in [0.25, 0.3) is 0 Å². The summed E-state index contributed by atoms with van der Waals surface area (Å²) >= 11 is 0. The molecule has 0 saturated carbocycles. The Hall–Kier alpha value is -1.39. The molecule has 3 fully saturated rings. The van der Waals surface area contributed by atoms with Gasteiger partial charge in [0.1, 0.15) is 0 Å². The second-order valence-electron chi connectivity index (χ2n) is 8.22. The summed E-state index contributed by atoms with van der Waals surface area (Å²) in [6, 6.07) is 8.59. The van der Waals surface area contributed by atoms with E-state index in [4.69, 9.17) is 4.74 Å². The van der Waals surface area contributed by atoms with Crippen LogP contribution in [0.25, 0.3) is 0 Å². The molecule has 1 aromatic rings. The number of hydrogen-bond acceptors (Lipinski definition) is 3. The minimum Gasteiger partial charge on any atom is -0.381 e. The predicted molar refractivity (Wildman–Crippen MR) is 98.3 cm³/mol. The van der Waals surface area contributed by atoms with Gasteiger partial charge in [0.2, 0.25) is 5.91 Å². The number of rotatable bonds is 4. The third-order valence-electron chi connectivity index (χ3n) is 6.43. The van der Waals surface area contributed by atoms with Crippen molar-refractivity contribution in [3.8, 4) is 0 Å². The van der Waals surface area contributed by atoms with E-state index >= 15 is 0 Å². The third-order valence-corrected chi connectivity index (χ3v) is 6.43. The van der Waals surface area contributed by atoms with Gasteiger partial charge in [0.05, 0.1) is 6.61 Å². The van der Waals surface area contributed by atoms with Crippen LogP contribution in [0.1, 0.15) is 43.2 Å². The molecule has 0 unspecified atom stereocenters. The lowest BCUT2D eigenvalue weighted by atomic mass is 9.84. The van der Waals surface area contributed by atoms with E-state index in [1.54, 1.807) is 0 Å². The Labute approximate surface area is 151 Å². The fraction of sp³-hybridized carbons (Fsp3) is 0.667. The number of ether oxygens (including phenoxy) is 1. The molecule has 0 N–H and O–H groups in total. The summed E-state index contributed by atoms with van der Waals surface area (Å²) in [5, 5.41) is 0. The summed E-state index contributed by atoms with van der Waals surface area (Å²) < 4.78 is 5.52. The van der Waals surface area contributed by atoms with Gasteiger partial charge >= 0.3 is 0 Å². The molecular formula is C21H30N2O2. The minimum absolute atomic E-state index is 0.101. The van der Waals surface area contributed by atoms with Crippen molar-refractivity contribution in [1.29, 1.82) is 0 Å². The molecule has 25 heavy (non-hydrogen) atoms. The summed E-state index contributed by atoms with van der Waals surface area (Å²) in [7, 11) is 0. The van der Waals surface area contributed by atoms with Gasteiger partial charge in [-0.2, -0.15) is 0 Å². The molecule has 0 aliphatic carbocycles. The highest BCUT2D eigenvalue weighted by molar-refractivity contribution is 5.79. The molecule has 4 rings (SSSR count). The van der Waals surface area contributed by atoms with Crippen LogP contribution in [0.5, 0.6) is 0 Å². The van der Waals surface area contributed by atoms with E-state index in [9.17, 15) is 4.79 Å². The topological polar surface area (TPSA) is 32.8 Å². The Kier molecular flexibility index (Phi) is 4.83. The first-order valence-corrected chi connectivity index (χ1v) is 9.81. The molecule has 3 saturated heterocycles. The van der Waals surface area contributed by atoms with Crippen LogP contribution in [0, 0.1) is 12.8 Å². The highest BCUT2D eigenvalue weighted by Crippen LogP contribution is 2.40. The maximum atomic E-state index is 12.6. The molecule has 1 amide bonds. The van der Waals surface area contributed by atoms with Crippen LogP contribution >= 0.6 is 0 Å². The molecule has 3 heterocycles. The van der Waals surface area contributed by atoms with E-state index in [0.717, 1.165) is 58.5 Å². The maximum Gasteiger partial charge on any atom is 0.223 e. The Morgan fingerprint density at radius 2 is 2.08 bits per heavy atom. The Balaban J connectivity index is 1.41. The van der Waals surface area contributed by atoms with Crippen LogP contribution in [0.4, 0.5) is 0 Å². The van der Waals surface area contributed by atoms with Crippen LogP contribution in [-0.4, -0.2) is 54.1 Å². The van der Waals surface area contributed by atoms with E-state index in [-0.39, 0.29) is 5.54 Å². The van der Waals surface area contributed by atoms with Gasteiger partial charge in [0, 0.05) is 44.7 Å². The standard InChI is InChI=1S/C21H30N2O2/c1-17-3-2-4-18(13-17)15-23-20(24)5-7-21(23)8-10-22(11-9-21)14-19-6-12-25-16-19/h2-4,13,19H,5-12,14-16H2,1H3/t19-/m0/s1. The molecule has 0 radical (unpaired) electrons. The van der Waals surface area contributed by atoms with Gasteiger partial charge in [-0.05, 0) is 44.1 Å². The largest absolute Gasteiger partial charge is 0.381 e. The summed E-state index contributed by atoms with van der Waals surface area (Å²) in [4.78, 5) is 17.4. The van der Waals surface area contributed by atoms with Gasteiger partial charge in [-0.1, -0.05) is 29.8 Å². The number of likely N-dealkylation sites (tertiary alicyclic amines) is 2. The summed E-state index contributed by atoms with van der Waals surface area (Å²) in [6.07, 6.45) is 5.22. The van der Waals surface area contributed by atoms with Gasteiger partial charge < -0.3 is 14.5 Å². The van der Waals surface area contributed by atoms with E-state index in [1.165, 1.54) is 24.1 Å². The van der Waals surface area contributed by atoms with E-state index in [1.807, 2.05) is 0 Å². The number of amides is 1. The molecule has 3 aliphatic rings. The second-order valence-corrected chi connectivity index (χ2v) is 8.22. The SMILES string of the molecule is Cc1cccc(CN2C(=O)CCC23CCN(C[C@@H]2CCOC2)CC3)c1. The number of nitrogens with zero attached hydrogens (tertiary/aromatic N) is 2. The summed E-state index contributed by atoms with van der Waals surface area (Å²) in [6.45, 7) is 8.16. The lowest BCUT2D eigenvalue weighted by Gasteiger charge is -2.45. The van der Waals surface area contributed by atoms with Crippen molar-refractivity contribution >= 4 is 5.91 Å². The van der Waals surface area contributed by atoms with Crippen molar-refractivity contribution in [2.75, 3.05) is 32.8 Å². The summed E-state index contributed by atoms with van der Waals surface area (Å²) in [5.74, 6) is 1.06. The third kappa shape index (κ3) is 3.61. The normalized spacial score (nSPS) is 26.7. The molecular weight excluding hydrogens is 312 g/mol. The fourth-order valence-electron chi connectivity index (χ4n) is 4.89. The number of hydrogen-bond donors (Lipinski definition) is 0. The average molecular weight is 342 g/mol. The number of carbonyl (C=O) groups is 1. The predicted octanol–water partition coefficient (Wildman–Crippen LogP) is 2.99. The molecule has 3 aliphatic heterocycles. The number of carbonyl (C=O) groups excluding carboxylic acids is 1. The van der Waals surface area contributed by atoms with Crippen molar-refractivity contribution < 1.29 is 9.53 Å². The zero-order valence-corrected chi connectivity index (χ0v) is 15.4. The Bertz CT molecular complexity index is 616. The molecule has 0 bridgehead atoms. The highest BCUT2D eigenvalue weighted by atomic mass is 16.5. The Morgan fingerprint density at radius 3 is 2.80 bits per heavy atom. The number of aryl methyl sites for hydroxylation is 1. The molecule has 4 heteroatoms. The maximum absolute atomic E-state index is 12.6. The van der Waals surface area contributed by atoms with Crippen LogP contribution in [-0.2, 0) is 16.1 Å². The zero-order chi connectivity index (χ0) is 17.3. The van der Waals surface area contributed by atoms with Crippen molar-refractivity contribution in [3.05, 3.63) is 35.4 Å². The second kappa shape index (κ2) is 7.08. The first-order chi connectivity index (χ1) is 12.1. The molecule has 4 nitrogen and oxygen atoms in total. The quantitative estimate of drug-likeness (QED) is 0.843. The number of piperidine rings is 1. The first-order valence-electron chi connectivity index (χ1n) is 9.81. The lowest BCUT2D eigenvalue weighted by molar-refractivity contribution is -0.133. The van der Waals surface area contributed by atoms with Gasteiger partial charge in [-0.15, -0.1) is 0 Å². The molecule has 0 aromatic heterocycles. The van der Waals surface area contributed by atoms with Crippen molar-refractivity contribution in [1.82, 2.24) is 9.80 Å². The van der Waals surface area contributed by atoms with Crippen molar-refractivity contribution in [2.45, 2.75) is 51.1 Å². The first kappa shape index (κ1) is 17.0. The van der Waals surface area contributed by atoms with Crippen molar-refractivity contribution in [3.63, 3.8) is 0 Å².